The third kappa shape index (κ3) is 1.38. The fourth-order valence-electron chi connectivity index (χ4n) is 8.51. The lowest BCUT2D eigenvalue weighted by Crippen LogP contribution is -2.65. The summed E-state index contributed by atoms with van der Waals surface area (Å²) in [5.41, 5.74) is -2.71. The first-order valence-electron chi connectivity index (χ1n) is 10.0. The van der Waals surface area contributed by atoms with Gasteiger partial charge < -0.3 is 14.6 Å². The van der Waals surface area contributed by atoms with Crippen LogP contribution in [-0.2, 0) is 19.1 Å². The molecule has 0 amide bonds. The Balaban J connectivity index is 1.83. The molecule has 1 saturated heterocycles. The van der Waals surface area contributed by atoms with Crippen molar-refractivity contribution in [2.75, 3.05) is 7.11 Å². The Morgan fingerprint density at radius 2 is 1.92 bits per heavy atom. The van der Waals surface area contributed by atoms with E-state index in [4.69, 9.17) is 9.47 Å². The third-order valence-corrected chi connectivity index (χ3v) is 9.56. The highest BCUT2D eigenvalue weighted by atomic mass is 16.7. The molecule has 0 aromatic heterocycles. The number of hydrogen-bond donors (Lipinski definition) is 1. The van der Waals surface area contributed by atoms with Crippen LogP contribution < -0.4 is 0 Å². The molecule has 4 aliphatic carbocycles. The third-order valence-electron chi connectivity index (χ3n) is 9.56. The summed E-state index contributed by atoms with van der Waals surface area (Å²) in [6.45, 7) is 8.31. The van der Waals surface area contributed by atoms with Crippen LogP contribution in [-0.4, -0.2) is 35.4 Å². The van der Waals surface area contributed by atoms with E-state index >= 15 is 0 Å². The van der Waals surface area contributed by atoms with Crippen LogP contribution in [0.15, 0.2) is 0 Å². The van der Waals surface area contributed by atoms with Gasteiger partial charge in [0.15, 0.2) is 5.79 Å². The van der Waals surface area contributed by atoms with Crippen LogP contribution in [0.25, 0.3) is 0 Å². The van der Waals surface area contributed by atoms with E-state index in [0.29, 0.717) is 18.8 Å². The van der Waals surface area contributed by atoms with Crippen LogP contribution in [0.1, 0.15) is 59.8 Å². The van der Waals surface area contributed by atoms with Crippen molar-refractivity contribution in [3.63, 3.8) is 0 Å². The Bertz CT molecular complexity index is 730. The number of carbonyl (C=O) groups excluding carboxylic acids is 2. The second kappa shape index (κ2) is 4.38. The fourth-order valence-corrected chi connectivity index (χ4v) is 8.51. The molecule has 5 nitrogen and oxygen atoms in total. The van der Waals surface area contributed by atoms with Gasteiger partial charge in [-0.05, 0) is 36.5 Å². The van der Waals surface area contributed by atoms with E-state index in [0.717, 1.165) is 19.3 Å². The monoisotopic (exact) mass is 362 g/mol. The van der Waals surface area contributed by atoms with E-state index in [-0.39, 0.29) is 23.6 Å². The topological polar surface area (TPSA) is 72.8 Å². The number of Topliss-reactive ketones (excluding diaryl/α,β-unsaturated/α-hetero) is 1. The number of ketones is 1. The maximum Gasteiger partial charge on any atom is 0.313 e. The number of methoxy groups -OCH3 is 1. The zero-order valence-corrected chi connectivity index (χ0v) is 16.4. The molecule has 144 valence electrons. The zero-order valence-electron chi connectivity index (χ0n) is 16.4. The maximum absolute atomic E-state index is 13.5. The van der Waals surface area contributed by atoms with Crippen molar-refractivity contribution < 1.29 is 24.2 Å². The number of fused-ring (bicyclic) bond motifs is 1. The van der Waals surface area contributed by atoms with Gasteiger partial charge in [-0.1, -0.05) is 34.1 Å². The average molecular weight is 362 g/mol. The predicted molar refractivity (Wildman–Crippen MR) is 92.8 cm³/mol. The summed E-state index contributed by atoms with van der Waals surface area (Å²) in [4.78, 5) is 26.8. The summed E-state index contributed by atoms with van der Waals surface area (Å²) in [6, 6.07) is 0. The van der Waals surface area contributed by atoms with Gasteiger partial charge in [0.05, 0.1) is 18.1 Å². The van der Waals surface area contributed by atoms with Gasteiger partial charge in [-0.25, -0.2) is 0 Å². The molecule has 0 spiro atoms. The molecule has 0 aromatic carbocycles. The highest BCUT2D eigenvalue weighted by molar-refractivity contribution is 5.98. The van der Waals surface area contributed by atoms with Crippen molar-refractivity contribution in [1.29, 1.82) is 0 Å². The number of aliphatic hydroxyl groups is 1. The molecule has 0 unspecified atom stereocenters. The summed E-state index contributed by atoms with van der Waals surface area (Å²) < 4.78 is 11.9. The van der Waals surface area contributed by atoms with Crippen LogP contribution in [0.2, 0.25) is 0 Å². The first kappa shape index (κ1) is 17.2. The molecule has 5 rings (SSSR count). The van der Waals surface area contributed by atoms with E-state index in [1.165, 1.54) is 7.11 Å². The second-order valence-electron chi connectivity index (χ2n) is 10.6. The molecule has 4 bridgehead atoms. The van der Waals surface area contributed by atoms with Crippen molar-refractivity contribution >= 4 is 11.8 Å². The Morgan fingerprint density at radius 1 is 1.23 bits per heavy atom. The molecule has 1 heterocycles. The van der Waals surface area contributed by atoms with Gasteiger partial charge in [-0.3, -0.25) is 9.59 Å². The second-order valence-corrected chi connectivity index (χ2v) is 10.6. The molecule has 1 N–H and O–H groups in total. The zero-order chi connectivity index (χ0) is 18.9. The van der Waals surface area contributed by atoms with Crippen molar-refractivity contribution in [2.45, 2.75) is 71.2 Å². The quantitative estimate of drug-likeness (QED) is 0.726. The summed E-state index contributed by atoms with van der Waals surface area (Å²) in [7, 11) is 1.42. The minimum Gasteiger partial charge on any atom is -0.469 e. The molecule has 0 aromatic rings. The van der Waals surface area contributed by atoms with E-state index < -0.39 is 33.6 Å². The smallest absolute Gasteiger partial charge is 0.313 e. The first-order valence-corrected chi connectivity index (χ1v) is 10.0. The number of hydrogen-bond acceptors (Lipinski definition) is 5. The molecule has 5 fully saturated rings. The number of carbonyl (C=O) groups is 2. The molecule has 5 aliphatic rings. The van der Waals surface area contributed by atoms with Crippen molar-refractivity contribution in [3.8, 4) is 0 Å². The summed E-state index contributed by atoms with van der Waals surface area (Å²) in [5, 5.41) is 11.8. The average Bonchev–Trinajstić information content (AvgIpc) is 2.81. The van der Waals surface area contributed by atoms with Crippen LogP contribution in [0.5, 0.6) is 0 Å². The van der Waals surface area contributed by atoms with Crippen LogP contribution in [0.4, 0.5) is 0 Å². The van der Waals surface area contributed by atoms with E-state index in [2.05, 4.69) is 6.92 Å². The van der Waals surface area contributed by atoms with E-state index in [1.807, 2.05) is 20.8 Å². The number of ether oxygens (including phenoxy) is 2. The van der Waals surface area contributed by atoms with Gasteiger partial charge >= 0.3 is 5.97 Å². The molecule has 5 heteroatoms. The molecule has 8 atom stereocenters. The highest BCUT2D eigenvalue weighted by Crippen LogP contribution is 2.82. The molecule has 1 aliphatic heterocycles. The lowest BCUT2D eigenvalue weighted by atomic mass is 9.42. The lowest BCUT2D eigenvalue weighted by Gasteiger charge is -2.58. The number of esters is 1. The van der Waals surface area contributed by atoms with Gasteiger partial charge in [0.2, 0.25) is 0 Å². The van der Waals surface area contributed by atoms with Crippen LogP contribution in [0, 0.1) is 39.9 Å². The molecular formula is C21H30O5. The molecule has 26 heavy (non-hydrogen) atoms. The number of rotatable bonds is 1. The standard InChI is InChI=1S/C21H30O5/c1-11-6-7-13-18(4)15-14(22)12-9-21(18,24)26-19(13,8-11)10-20(15,16(23)25-5)17(12,2)3/h11-13,15,24H,6-10H2,1-5H3/t11-,12+,13+,15+,18+,19+,20-,21-/m0/s1. The maximum atomic E-state index is 13.5. The Labute approximate surface area is 154 Å². The predicted octanol–water partition coefficient (Wildman–Crippen LogP) is 2.69. The largest absolute Gasteiger partial charge is 0.469 e. The molecular weight excluding hydrogens is 332 g/mol. The van der Waals surface area contributed by atoms with Gasteiger partial charge in [0.25, 0.3) is 0 Å². The Hall–Kier alpha value is -0.940. The van der Waals surface area contributed by atoms with Gasteiger partial charge in [0.1, 0.15) is 5.78 Å². The van der Waals surface area contributed by atoms with Crippen LogP contribution >= 0.6 is 0 Å². The molecule has 4 saturated carbocycles. The lowest BCUT2D eigenvalue weighted by molar-refractivity contribution is -0.276. The minimum atomic E-state index is -1.32. The van der Waals surface area contributed by atoms with Crippen molar-refractivity contribution in [3.05, 3.63) is 0 Å². The van der Waals surface area contributed by atoms with Gasteiger partial charge in [-0.2, -0.15) is 0 Å². The van der Waals surface area contributed by atoms with E-state index in [9.17, 15) is 14.7 Å². The molecule has 0 radical (unpaired) electrons. The first-order chi connectivity index (χ1) is 12.0. The summed E-state index contributed by atoms with van der Waals surface area (Å²) >= 11 is 0. The highest BCUT2D eigenvalue weighted by Gasteiger charge is 2.89. The van der Waals surface area contributed by atoms with Gasteiger partial charge in [-0.15, -0.1) is 0 Å². The Morgan fingerprint density at radius 3 is 2.58 bits per heavy atom. The SMILES string of the molecule is COC(=O)[C@]12C[C@]34C[C@@H](C)CC[C@@H]3[C@]3(C)[C@H]1C(=O)[C@@H](C[C@]3(O)O4)C2(C)C. The van der Waals surface area contributed by atoms with Crippen molar-refractivity contribution in [1.82, 2.24) is 0 Å². The summed E-state index contributed by atoms with van der Waals surface area (Å²) in [5.74, 6) is -1.74. The normalized spacial score (nSPS) is 58.6. The fraction of sp³-hybridized carbons (Fsp3) is 0.905. The summed E-state index contributed by atoms with van der Waals surface area (Å²) in [6.07, 6.45) is 3.68. The Kier molecular flexibility index (Phi) is 2.89. The van der Waals surface area contributed by atoms with Crippen molar-refractivity contribution in [2.24, 2.45) is 39.9 Å². The minimum absolute atomic E-state index is 0.123. The van der Waals surface area contributed by atoms with E-state index in [1.54, 1.807) is 0 Å². The van der Waals surface area contributed by atoms with Crippen LogP contribution in [0.3, 0.4) is 0 Å². The van der Waals surface area contributed by atoms with Gasteiger partial charge in [0, 0.05) is 23.7 Å².